The summed E-state index contributed by atoms with van der Waals surface area (Å²) in [6, 6.07) is 0. The van der Waals surface area contributed by atoms with E-state index in [0.29, 0.717) is 4.48 Å². The van der Waals surface area contributed by atoms with Crippen LogP contribution in [-0.2, 0) is 9.63 Å². The molecule has 0 bridgehead atoms. The van der Waals surface area contributed by atoms with E-state index in [1.807, 2.05) is 26.7 Å². The summed E-state index contributed by atoms with van der Waals surface area (Å²) in [5.74, 6) is 1.83. The van der Waals surface area contributed by atoms with Crippen molar-refractivity contribution >= 4 is 21.9 Å². The Morgan fingerprint density at radius 3 is 2.53 bits per heavy atom. The van der Waals surface area contributed by atoms with Crippen molar-refractivity contribution in [3.05, 3.63) is 4.48 Å². The number of halogens is 1. The maximum atomic E-state index is 10.1. The molecule has 0 spiro atoms. The topological polar surface area (TPSA) is 38.3 Å². The summed E-state index contributed by atoms with van der Waals surface area (Å²) in [5.41, 5.74) is 2.80. The molecule has 1 N–H and O–H groups in total. The van der Waals surface area contributed by atoms with Gasteiger partial charge in [0.05, 0.1) is 10.1 Å². The van der Waals surface area contributed by atoms with Crippen LogP contribution in [0.15, 0.2) is 4.48 Å². The summed E-state index contributed by atoms with van der Waals surface area (Å²) in [7, 11) is 0. The lowest BCUT2D eigenvalue weighted by molar-refractivity contribution is -0.0726. The fourth-order valence-corrected chi connectivity index (χ4v) is 1.25. The normalized spacial score (nSPS) is 11.2. The lowest BCUT2D eigenvalue weighted by atomic mass is 10.2. The highest BCUT2D eigenvalue weighted by atomic mass is 79.9. The molecule has 0 heterocycles. The zero-order valence-corrected chi connectivity index (χ0v) is 11.3. The molecule has 0 rings (SSSR count). The molecule has 0 aromatic carbocycles. The van der Waals surface area contributed by atoms with Gasteiger partial charge in [0, 0.05) is 6.54 Å². The first kappa shape index (κ1) is 14.8. The van der Waals surface area contributed by atoms with Gasteiger partial charge in [0.1, 0.15) is 5.94 Å². The average molecular weight is 278 g/mol. The molecule has 0 fully saturated rings. The third-order valence-electron chi connectivity index (χ3n) is 1.66. The number of carbonyl (C=O) groups excluding carboxylic acids is 1. The molecule has 0 amide bonds. The van der Waals surface area contributed by atoms with E-state index in [-0.39, 0.29) is 5.60 Å². The fourth-order valence-electron chi connectivity index (χ4n) is 0.973. The maximum Gasteiger partial charge on any atom is 0.135 e. The predicted octanol–water partition coefficient (Wildman–Crippen LogP) is 2.98. The quantitative estimate of drug-likeness (QED) is 0.442. The zero-order valence-electron chi connectivity index (χ0n) is 9.73. The first-order valence-electron chi connectivity index (χ1n) is 5.26. The molecule has 0 aromatic heterocycles. The number of allylic oxidation sites excluding steroid dienone is 1. The van der Waals surface area contributed by atoms with Gasteiger partial charge in [-0.3, -0.25) is 4.84 Å². The summed E-state index contributed by atoms with van der Waals surface area (Å²) in [5, 5.41) is 0. The van der Waals surface area contributed by atoms with E-state index in [4.69, 9.17) is 4.84 Å². The van der Waals surface area contributed by atoms with Crippen molar-refractivity contribution in [2.45, 2.75) is 52.1 Å². The van der Waals surface area contributed by atoms with Gasteiger partial charge < -0.3 is 0 Å². The van der Waals surface area contributed by atoms with E-state index in [1.54, 1.807) is 0 Å². The molecule has 0 atom stereocenters. The number of unbranched alkanes of at least 4 members (excludes halogenated alkanes) is 2. The monoisotopic (exact) mass is 277 g/mol. The number of hydrogen-bond donors (Lipinski definition) is 1. The highest BCUT2D eigenvalue weighted by Gasteiger charge is 2.09. The van der Waals surface area contributed by atoms with Gasteiger partial charge in [0.25, 0.3) is 0 Å². The van der Waals surface area contributed by atoms with Gasteiger partial charge in [-0.1, -0.05) is 6.42 Å². The summed E-state index contributed by atoms with van der Waals surface area (Å²) >= 11 is 3.14. The number of nitrogens with one attached hydrogen (secondary N) is 1. The Labute approximate surface area is 100 Å². The van der Waals surface area contributed by atoms with Gasteiger partial charge in [0.15, 0.2) is 0 Å². The number of hydroxylamine groups is 1. The van der Waals surface area contributed by atoms with Crippen molar-refractivity contribution in [3.8, 4) is 0 Å². The molecular weight excluding hydrogens is 258 g/mol. The van der Waals surface area contributed by atoms with Gasteiger partial charge >= 0.3 is 0 Å². The Balaban J connectivity index is 3.23. The summed E-state index contributed by atoms with van der Waals surface area (Å²) in [4.78, 5) is 15.5. The lowest BCUT2D eigenvalue weighted by Crippen LogP contribution is -2.29. The molecule has 0 radical (unpaired) electrons. The number of rotatable bonds is 7. The smallest absolute Gasteiger partial charge is 0.135 e. The van der Waals surface area contributed by atoms with Crippen LogP contribution in [0.1, 0.15) is 46.5 Å². The van der Waals surface area contributed by atoms with Crippen molar-refractivity contribution in [2.75, 3.05) is 6.54 Å². The average Bonchev–Trinajstić information content (AvgIpc) is 2.14. The van der Waals surface area contributed by atoms with Gasteiger partial charge in [-0.05, 0) is 56.0 Å². The Morgan fingerprint density at radius 2 is 2.00 bits per heavy atom. The fraction of sp³-hybridized carbons (Fsp3) is 0.818. The predicted molar refractivity (Wildman–Crippen MR) is 65.4 cm³/mol. The van der Waals surface area contributed by atoms with E-state index < -0.39 is 0 Å². The first-order valence-corrected chi connectivity index (χ1v) is 6.05. The van der Waals surface area contributed by atoms with Crippen molar-refractivity contribution in [1.29, 1.82) is 0 Å². The largest absolute Gasteiger partial charge is 0.296 e. The molecule has 0 aliphatic rings. The minimum atomic E-state index is -0.136. The summed E-state index contributed by atoms with van der Waals surface area (Å²) < 4.78 is 0.626. The molecule has 4 heteroatoms. The second-order valence-corrected chi connectivity index (χ2v) is 5.38. The van der Waals surface area contributed by atoms with Crippen LogP contribution >= 0.6 is 15.9 Å². The molecule has 0 aliphatic heterocycles. The summed E-state index contributed by atoms with van der Waals surface area (Å²) in [6.45, 7) is 6.86. The molecule has 0 saturated heterocycles. The van der Waals surface area contributed by atoms with Crippen molar-refractivity contribution < 1.29 is 9.63 Å². The van der Waals surface area contributed by atoms with Crippen LogP contribution in [0.2, 0.25) is 0 Å². The highest BCUT2D eigenvalue weighted by Crippen LogP contribution is 2.11. The minimum Gasteiger partial charge on any atom is -0.296 e. The Kier molecular flexibility index (Phi) is 7.97. The molecule has 15 heavy (non-hydrogen) atoms. The second kappa shape index (κ2) is 8.05. The molecule has 88 valence electrons. The van der Waals surface area contributed by atoms with E-state index in [2.05, 4.69) is 21.4 Å². The van der Waals surface area contributed by atoms with E-state index in [9.17, 15) is 4.79 Å². The Bertz CT molecular complexity index is 217. The summed E-state index contributed by atoms with van der Waals surface area (Å²) in [6.07, 6.45) is 3.92. The van der Waals surface area contributed by atoms with Crippen molar-refractivity contribution in [2.24, 2.45) is 0 Å². The number of hydrogen-bond acceptors (Lipinski definition) is 3. The van der Waals surface area contributed by atoms with Crippen LogP contribution in [0.4, 0.5) is 0 Å². The molecule has 0 aromatic rings. The van der Waals surface area contributed by atoms with Gasteiger partial charge in [0.2, 0.25) is 0 Å². The van der Waals surface area contributed by atoms with Crippen LogP contribution in [0.3, 0.4) is 0 Å². The van der Waals surface area contributed by atoms with Crippen molar-refractivity contribution in [3.63, 3.8) is 0 Å². The maximum absolute atomic E-state index is 10.1. The Hall–Kier alpha value is -0.150. The molecule has 0 aliphatic carbocycles. The molecule has 3 nitrogen and oxygen atoms in total. The molecular formula is C11H20BrNO2. The first-order chi connectivity index (χ1) is 6.95. The van der Waals surface area contributed by atoms with Crippen LogP contribution in [-0.4, -0.2) is 18.1 Å². The van der Waals surface area contributed by atoms with Crippen LogP contribution < -0.4 is 5.48 Å². The zero-order chi connectivity index (χ0) is 11.7. The van der Waals surface area contributed by atoms with Crippen LogP contribution in [0.5, 0.6) is 0 Å². The highest BCUT2D eigenvalue weighted by molar-refractivity contribution is 9.11. The molecule has 0 saturated carbocycles. The van der Waals surface area contributed by atoms with Crippen LogP contribution in [0, 0.1) is 0 Å². The van der Waals surface area contributed by atoms with Crippen LogP contribution in [0.25, 0.3) is 0 Å². The minimum absolute atomic E-state index is 0.136. The van der Waals surface area contributed by atoms with Gasteiger partial charge in [-0.25, -0.2) is 10.3 Å². The lowest BCUT2D eigenvalue weighted by Gasteiger charge is -2.19. The standard InChI is InChI=1S/C11H20BrNO2/c1-11(2,3)15-13-8-6-4-5-7-10(12)9-14/h13H,4-8H2,1-3H3. The SMILES string of the molecule is CC(C)(C)ONCCCCCC(Br)=C=O. The van der Waals surface area contributed by atoms with E-state index in [1.165, 1.54) is 0 Å². The van der Waals surface area contributed by atoms with E-state index in [0.717, 1.165) is 32.2 Å². The third-order valence-corrected chi connectivity index (χ3v) is 2.22. The van der Waals surface area contributed by atoms with Gasteiger partial charge in [-0.15, -0.1) is 0 Å². The molecule has 0 unspecified atom stereocenters. The second-order valence-electron chi connectivity index (χ2n) is 4.43. The Morgan fingerprint density at radius 1 is 1.33 bits per heavy atom. The van der Waals surface area contributed by atoms with E-state index >= 15 is 0 Å². The third kappa shape index (κ3) is 11.8. The van der Waals surface area contributed by atoms with Gasteiger partial charge in [-0.2, -0.15) is 0 Å². The van der Waals surface area contributed by atoms with Crippen molar-refractivity contribution in [1.82, 2.24) is 5.48 Å².